The maximum Gasteiger partial charge on any atom is 0.493 e. The zero-order chi connectivity index (χ0) is 10.9. The van der Waals surface area contributed by atoms with E-state index in [4.69, 9.17) is 0 Å². The molecule has 0 fully saturated rings. The van der Waals surface area contributed by atoms with Crippen molar-refractivity contribution >= 4 is 17.8 Å². The van der Waals surface area contributed by atoms with E-state index in [9.17, 15) is 27.6 Å². The molecule has 1 rings (SSSR count). The number of carbonyl (C=O) groups excluding carboxylic acids is 3. The van der Waals surface area contributed by atoms with Gasteiger partial charge in [0.05, 0.1) is 0 Å². The van der Waals surface area contributed by atoms with Crippen LogP contribution in [0.3, 0.4) is 0 Å². The Kier molecular flexibility index (Phi) is 2.28. The first-order chi connectivity index (χ1) is 6.32. The van der Waals surface area contributed by atoms with E-state index < -0.39 is 24.0 Å². The van der Waals surface area contributed by atoms with E-state index in [2.05, 4.69) is 4.84 Å². The molecule has 0 aromatic carbocycles. The summed E-state index contributed by atoms with van der Waals surface area (Å²) in [5.41, 5.74) is 0. The van der Waals surface area contributed by atoms with Gasteiger partial charge in [-0.1, -0.05) is 5.06 Å². The van der Waals surface area contributed by atoms with Crippen molar-refractivity contribution in [2.24, 2.45) is 0 Å². The molecule has 1 aliphatic rings. The lowest BCUT2D eigenvalue weighted by Gasteiger charge is -2.13. The number of rotatable bonds is 1. The molecule has 0 saturated heterocycles. The predicted molar refractivity (Wildman–Crippen MR) is 33.1 cm³/mol. The van der Waals surface area contributed by atoms with Crippen LogP contribution >= 0.6 is 0 Å². The fraction of sp³-hybridized carbons (Fsp3) is 0.167. The highest BCUT2D eigenvalue weighted by molar-refractivity contribution is 6.12. The van der Waals surface area contributed by atoms with Gasteiger partial charge in [0.2, 0.25) is 0 Å². The van der Waals surface area contributed by atoms with Gasteiger partial charge >= 0.3 is 12.1 Å². The standard InChI is InChI=1S/C6H2F3NO4/c7-6(8,9)5(13)14-10-3(11)1-2-4(10)12/h1-2H. The molecule has 8 heteroatoms. The molecule has 1 heterocycles. The molecule has 0 unspecified atom stereocenters. The molecule has 0 atom stereocenters. The molecular formula is C6H2F3NO4. The largest absolute Gasteiger partial charge is 0.493 e. The van der Waals surface area contributed by atoms with E-state index in [1.54, 1.807) is 0 Å². The monoisotopic (exact) mass is 209 g/mol. The molecule has 0 aromatic rings. The molecule has 0 radical (unpaired) electrons. The summed E-state index contributed by atoms with van der Waals surface area (Å²) in [6.45, 7) is 0. The summed E-state index contributed by atoms with van der Waals surface area (Å²) in [6.07, 6.45) is -3.87. The van der Waals surface area contributed by atoms with Gasteiger partial charge in [-0.15, -0.1) is 0 Å². The van der Waals surface area contributed by atoms with Crippen molar-refractivity contribution < 1.29 is 32.4 Å². The van der Waals surface area contributed by atoms with Crippen LogP contribution in [0.2, 0.25) is 0 Å². The predicted octanol–water partition coefficient (Wildman–Crippen LogP) is -0.0681. The number of hydrogen-bond acceptors (Lipinski definition) is 4. The van der Waals surface area contributed by atoms with Crippen molar-refractivity contribution in [3.63, 3.8) is 0 Å². The minimum atomic E-state index is -5.25. The van der Waals surface area contributed by atoms with Crippen molar-refractivity contribution in [2.45, 2.75) is 6.18 Å². The Balaban J connectivity index is 2.67. The van der Waals surface area contributed by atoms with Gasteiger partial charge in [-0.25, -0.2) is 4.79 Å². The molecule has 14 heavy (non-hydrogen) atoms. The number of halogens is 3. The zero-order valence-corrected chi connectivity index (χ0v) is 6.37. The summed E-state index contributed by atoms with van der Waals surface area (Å²) in [7, 11) is 0. The van der Waals surface area contributed by atoms with Crippen LogP contribution < -0.4 is 0 Å². The summed E-state index contributed by atoms with van der Waals surface area (Å²) in [5.74, 6) is -4.89. The van der Waals surface area contributed by atoms with E-state index in [1.807, 2.05) is 0 Å². The quantitative estimate of drug-likeness (QED) is 0.567. The van der Waals surface area contributed by atoms with Gasteiger partial charge < -0.3 is 4.84 Å². The number of amides is 2. The van der Waals surface area contributed by atoms with Crippen LogP contribution in [0, 0.1) is 0 Å². The number of hydroxylamine groups is 2. The van der Waals surface area contributed by atoms with Crippen molar-refractivity contribution in [2.75, 3.05) is 0 Å². The van der Waals surface area contributed by atoms with Gasteiger partial charge in [0.15, 0.2) is 0 Å². The summed E-state index contributed by atoms with van der Waals surface area (Å²) in [4.78, 5) is 34.9. The molecule has 0 saturated carbocycles. The van der Waals surface area contributed by atoms with Crippen LogP contribution in [0.15, 0.2) is 12.2 Å². The minimum absolute atomic E-state index is 0.268. The normalized spacial score (nSPS) is 16.4. The highest BCUT2D eigenvalue weighted by Gasteiger charge is 2.44. The molecule has 0 aromatic heterocycles. The first-order valence-electron chi connectivity index (χ1n) is 3.17. The Bertz CT molecular complexity index is 314. The lowest BCUT2D eigenvalue weighted by Crippen LogP contribution is -2.38. The summed E-state index contributed by atoms with van der Waals surface area (Å²) < 4.78 is 34.8. The van der Waals surface area contributed by atoms with Crippen molar-refractivity contribution in [1.82, 2.24) is 5.06 Å². The topological polar surface area (TPSA) is 63.7 Å². The van der Waals surface area contributed by atoms with Crippen LogP contribution in [0.25, 0.3) is 0 Å². The fourth-order valence-electron chi connectivity index (χ4n) is 0.611. The van der Waals surface area contributed by atoms with Gasteiger partial charge in [0.25, 0.3) is 11.8 Å². The Morgan fingerprint density at radius 2 is 1.64 bits per heavy atom. The Morgan fingerprint density at radius 3 is 2.00 bits per heavy atom. The van der Waals surface area contributed by atoms with Crippen LogP contribution in [0.1, 0.15) is 0 Å². The molecule has 76 valence electrons. The van der Waals surface area contributed by atoms with Gasteiger partial charge in [-0.3, -0.25) is 9.59 Å². The van der Waals surface area contributed by atoms with Gasteiger partial charge in [0, 0.05) is 12.2 Å². The van der Waals surface area contributed by atoms with Gasteiger partial charge in [-0.05, 0) is 0 Å². The summed E-state index contributed by atoms with van der Waals surface area (Å²) in [6, 6.07) is 0. The smallest absolute Gasteiger partial charge is 0.321 e. The highest BCUT2D eigenvalue weighted by atomic mass is 19.4. The van der Waals surface area contributed by atoms with E-state index in [-0.39, 0.29) is 5.06 Å². The Hall–Kier alpha value is -1.86. The van der Waals surface area contributed by atoms with E-state index in [0.29, 0.717) is 12.2 Å². The third-order valence-corrected chi connectivity index (χ3v) is 1.17. The van der Waals surface area contributed by atoms with Crippen LogP contribution in [-0.4, -0.2) is 29.0 Å². The Labute approximate surface area is 74.7 Å². The lowest BCUT2D eigenvalue weighted by molar-refractivity contribution is -0.232. The van der Waals surface area contributed by atoms with Crippen LogP contribution in [0.5, 0.6) is 0 Å². The first kappa shape index (κ1) is 10.2. The van der Waals surface area contributed by atoms with Crippen molar-refractivity contribution in [1.29, 1.82) is 0 Å². The van der Waals surface area contributed by atoms with Crippen molar-refractivity contribution in [3.05, 3.63) is 12.2 Å². The number of carbonyl (C=O) groups is 3. The van der Waals surface area contributed by atoms with E-state index >= 15 is 0 Å². The van der Waals surface area contributed by atoms with Crippen molar-refractivity contribution in [3.8, 4) is 0 Å². The third-order valence-electron chi connectivity index (χ3n) is 1.17. The molecule has 1 aliphatic heterocycles. The van der Waals surface area contributed by atoms with Gasteiger partial charge in [0.1, 0.15) is 0 Å². The third kappa shape index (κ3) is 1.90. The average Bonchev–Trinajstić information content (AvgIpc) is 2.34. The molecule has 0 spiro atoms. The highest BCUT2D eigenvalue weighted by Crippen LogP contribution is 2.18. The summed E-state index contributed by atoms with van der Waals surface area (Å²) in [5, 5.41) is -0.268. The fourth-order valence-corrected chi connectivity index (χ4v) is 0.611. The second kappa shape index (κ2) is 3.13. The van der Waals surface area contributed by atoms with Crippen LogP contribution in [0.4, 0.5) is 13.2 Å². The van der Waals surface area contributed by atoms with E-state index in [1.165, 1.54) is 0 Å². The number of imide groups is 1. The second-order valence-corrected chi connectivity index (χ2v) is 2.18. The van der Waals surface area contributed by atoms with E-state index in [0.717, 1.165) is 0 Å². The first-order valence-corrected chi connectivity index (χ1v) is 3.17. The summed E-state index contributed by atoms with van der Waals surface area (Å²) >= 11 is 0. The molecule has 5 nitrogen and oxygen atoms in total. The van der Waals surface area contributed by atoms with Crippen LogP contribution in [-0.2, 0) is 19.2 Å². The maximum atomic E-state index is 11.6. The number of nitrogens with zero attached hydrogens (tertiary/aromatic N) is 1. The number of alkyl halides is 3. The molecule has 0 aliphatic carbocycles. The van der Waals surface area contributed by atoms with Gasteiger partial charge in [-0.2, -0.15) is 13.2 Å². The minimum Gasteiger partial charge on any atom is -0.321 e. The Morgan fingerprint density at radius 1 is 1.21 bits per heavy atom. The second-order valence-electron chi connectivity index (χ2n) is 2.18. The SMILES string of the molecule is O=C1C=CC(=O)N1OC(=O)C(F)(F)F. The molecule has 0 bridgehead atoms. The molecule has 2 amide bonds. The maximum absolute atomic E-state index is 11.6. The number of hydrogen-bond donors (Lipinski definition) is 0. The molecular weight excluding hydrogens is 207 g/mol. The molecule has 0 N–H and O–H groups in total. The average molecular weight is 209 g/mol. The zero-order valence-electron chi connectivity index (χ0n) is 6.37. The lowest BCUT2D eigenvalue weighted by atomic mass is 10.6.